The van der Waals surface area contributed by atoms with Crippen LogP contribution in [0.25, 0.3) is 44.2 Å². The molecule has 7 aromatic rings. The van der Waals surface area contributed by atoms with Crippen LogP contribution in [0.5, 0.6) is 0 Å². The van der Waals surface area contributed by atoms with Gasteiger partial charge in [0, 0.05) is 22.2 Å². The van der Waals surface area contributed by atoms with Gasteiger partial charge in [0.15, 0.2) is 0 Å². The number of hydrogen-bond acceptors (Lipinski definition) is 1. The van der Waals surface area contributed by atoms with Crippen molar-refractivity contribution >= 4 is 27.8 Å². The minimum Gasteiger partial charge on any atom is -0.310 e. The molecule has 0 saturated heterocycles. The summed E-state index contributed by atoms with van der Waals surface area (Å²) in [5.74, 6) is 0. The number of hydrogen-bond donors (Lipinski definition) is 0. The molecule has 0 aliphatic heterocycles. The van der Waals surface area contributed by atoms with Crippen molar-refractivity contribution in [2.75, 3.05) is 4.90 Å². The van der Waals surface area contributed by atoms with Crippen molar-refractivity contribution in [3.63, 3.8) is 0 Å². The molecule has 47 heavy (non-hydrogen) atoms. The Morgan fingerprint density at radius 1 is 0.426 bits per heavy atom. The summed E-state index contributed by atoms with van der Waals surface area (Å²) in [5, 5.41) is 2.66. The van der Waals surface area contributed by atoms with Gasteiger partial charge in [-0.25, -0.2) is 0 Å². The van der Waals surface area contributed by atoms with Gasteiger partial charge >= 0.3 is 0 Å². The molecule has 0 amide bonds. The lowest BCUT2D eigenvalue weighted by Crippen LogP contribution is -2.27. The second kappa shape index (κ2) is 10.0. The monoisotopic (exact) mass is 603 g/mol. The summed E-state index contributed by atoms with van der Waals surface area (Å²) >= 11 is 0. The highest BCUT2D eigenvalue weighted by atomic mass is 15.1. The molecular formula is C46H37N. The van der Waals surface area contributed by atoms with Crippen LogP contribution in [0, 0.1) is 0 Å². The number of fused-ring (bicyclic) bond motifs is 5. The maximum atomic E-state index is 2.47. The largest absolute Gasteiger partial charge is 0.310 e. The van der Waals surface area contributed by atoms with E-state index in [9.17, 15) is 0 Å². The summed E-state index contributed by atoms with van der Waals surface area (Å²) in [5.41, 5.74) is 16.7. The molecule has 9 rings (SSSR count). The summed E-state index contributed by atoms with van der Waals surface area (Å²) in [6.07, 6.45) is 0. The standard InChI is InChI=1S/C46H37N/c1-45(2)38-22-12-11-20-35(38)36-28-26-31(29-40(36)45)34-27-25-30-15-13-23-39-42(30)43(34)37-21-14-24-41(44(37)46(39,3)4)47(32-16-7-5-8-17-32)33-18-9-6-10-19-33/h5-29H,1-4H3. The van der Waals surface area contributed by atoms with E-state index < -0.39 is 0 Å². The minimum atomic E-state index is -0.236. The fourth-order valence-corrected chi connectivity index (χ4v) is 8.60. The van der Waals surface area contributed by atoms with Crippen molar-refractivity contribution in [3.8, 4) is 33.4 Å². The molecular weight excluding hydrogens is 567 g/mol. The zero-order chi connectivity index (χ0) is 31.9. The van der Waals surface area contributed by atoms with Crippen molar-refractivity contribution in [2.24, 2.45) is 0 Å². The van der Waals surface area contributed by atoms with E-state index in [-0.39, 0.29) is 10.8 Å². The van der Waals surface area contributed by atoms with E-state index in [2.05, 4.69) is 184 Å². The predicted octanol–water partition coefficient (Wildman–Crippen LogP) is 12.6. The number of rotatable bonds is 4. The molecule has 0 spiro atoms. The van der Waals surface area contributed by atoms with E-state index >= 15 is 0 Å². The maximum Gasteiger partial charge on any atom is 0.0508 e. The minimum absolute atomic E-state index is 0.0554. The number of anilines is 3. The number of benzene rings is 7. The van der Waals surface area contributed by atoms with E-state index in [1.54, 1.807) is 0 Å². The predicted molar refractivity (Wildman–Crippen MR) is 199 cm³/mol. The molecule has 0 fully saturated rings. The molecule has 0 N–H and O–H groups in total. The van der Waals surface area contributed by atoms with Crippen molar-refractivity contribution in [3.05, 3.63) is 174 Å². The topological polar surface area (TPSA) is 3.24 Å². The lowest BCUT2D eigenvalue weighted by molar-refractivity contribution is 0.646. The summed E-state index contributed by atoms with van der Waals surface area (Å²) in [4.78, 5) is 2.43. The lowest BCUT2D eigenvalue weighted by atomic mass is 9.66. The molecule has 2 aliphatic rings. The third kappa shape index (κ3) is 3.96. The first-order valence-electron chi connectivity index (χ1n) is 16.7. The van der Waals surface area contributed by atoms with E-state index in [1.165, 1.54) is 72.1 Å². The van der Waals surface area contributed by atoms with Crippen LogP contribution >= 0.6 is 0 Å². The van der Waals surface area contributed by atoms with Crippen LogP contribution in [0.15, 0.2) is 152 Å². The van der Waals surface area contributed by atoms with Crippen molar-refractivity contribution in [1.82, 2.24) is 0 Å². The second-order valence-electron chi connectivity index (χ2n) is 14.2. The normalized spacial score (nSPS) is 14.7. The van der Waals surface area contributed by atoms with Gasteiger partial charge in [-0.05, 0) is 103 Å². The highest BCUT2D eigenvalue weighted by molar-refractivity contribution is 6.10. The fourth-order valence-electron chi connectivity index (χ4n) is 8.60. The SMILES string of the molecule is CC1(C)c2ccccc2-c2ccc(-c3ccc4cccc5c4c3-c3cccc(N(c4ccccc4)c4ccccc4)c3C5(C)C)cc21. The van der Waals surface area contributed by atoms with Crippen LogP contribution in [-0.4, -0.2) is 0 Å². The average Bonchev–Trinajstić information content (AvgIpc) is 3.33. The van der Waals surface area contributed by atoms with Crippen LogP contribution in [0.1, 0.15) is 49.9 Å². The van der Waals surface area contributed by atoms with Gasteiger partial charge < -0.3 is 4.90 Å². The number of para-hydroxylation sites is 2. The zero-order valence-corrected chi connectivity index (χ0v) is 27.4. The molecule has 0 aromatic heterocycles. The van der Waals surface area contributed by atoms with Gasteiger partial charge in [0.2, 0.25) is 0 Å². The highest BCUT2D eigenvalue weighted by Gasteiger charge is 2.39. The molecule has 0 saturated carbocycles. The number of nitrogens with zero attached hydrogens (tertiary/aromatic N) is 1. The summed E-state index contributed by atoms with van der Waals surface area (Å²) < 4.78 is 0. The Kier molecular flexibility index (Phi) is 5.96. The van der Waals surface area contributed by atoms with Crippen molar-refractivity contribution in [2.45, 2.75) is 38.5 Å². The van der Waals surface area contributed by atoms with Gasteiger partial charge in [-0.1, -0.05) is 143 Å². The first-order chi connectivity index (χ1) is 22.9. The lowest BCUT2D eigenvalue weighted by Gasteiger charge is -2.40. The van der Waals surface area contributed by atoms with Crippen LogP contribution in [0.2, 0.25) is 0 Å². The molecule has 0 heterocycles. The van der Waals surface area contributed by atoms with Crippen LogP contribution in [0.3, 0.4) is 0 Å². The Bertz CT molecular complexity index is 2300. The van der Waals surface area contributed by atoms with Gasteiger partial charge in [-0.3, -0.25) is 0 Å². The molecule has 0 radical (unpaired) electrons. The quantitative estimate of drug-likeness (QED) is 0.193. The summed E-state index contributed by atoms with van der Waals surface area (Å²) in [6, 6.07) is 56.1. The first kappa shape index (κ1) is 27.9. The third-order valence-corrected chi connectivity index (χ3v) is 10.8. The van der Waals surface area contributed by atoms with E-state index in [1.807, 2.05) is 0 Å². The second-order valence-corrected chi connectivity index (χ2v) is 14.2. The highest BCUT2D eigenvalue weighted by Crippen LogP contribution is 2.56. The van der Waals surface area contributed by atoms with E-state index in [0.29, 0.717) is 0 Å². The van der Waals surface area contributed by atoms with Crippen molar-refractivity contribution in [1.29, 1.82) is 0 Å². The maximum absolute atomic E-state index is 2.47. The smallest absolute Gasteiger partial charge is 0.0508 e. The average molecular weight is 604 g/mol. The summed E-state index contributed by atoms with van der Waals surface area (Å²) in [7, 11) is 0. The Morgan fingerprint density at radius 3 is 1.77 bits per heavy atom. The molecule has 1 nitrogen and oxygen atoms in total. The third-order valence-electron chi connectivity index (χ3n) is 10.8. The van der Waals surface area contributed by atoms with Gasteiger partial charge in [0.1, 0.15) is 0 Å². The summed E-state index contributed by atoms with van der Waals surface area (Å²) in [6.45, 7) is 9.55. The Balaban J connectivity index is 1.34. The van der Waals surface area contributed by atoms with Gasteiger partial charge in [-0.2, -0.15) is 0 Å². The van der Waals surface area contributed by atoms with Gasteiger partial charge in [0.05, 0.1) is 5.69 Å². The van der Waals surface area contributed by atoms with Crippen LogP contribution in [0.4, 0.5) is 17.1 Å². The molecule has 1 heteroatoms. The van der Waals surface area contributed by atoms with E-state index in [0.717, 1.165) is 11.4 Å². The first-order valence-corrected chi connectivity index (χ1v) is 16.7. The molecule has 0 unspecified atom stereocenters. The van der Waals surface area contributed by atoms with E-state index in [4.69, 9.17) is 0 Å². The molecule has 0 atom stereocenters. The van der Waals surface area contributed by atoms with Gasteiger partial charge in [0.25, 0.3) is 0 Å². The zero-order valence-electron chi connectivity index (χ0n) is 27.4. The molecule has 7 aromatic carbocycles. The van der Waals surface area contributed by atoms with Crippen LogP contribution in [-0.2, 0) is 10.8 Å². The molecule has 226 valence electrons. The Labute approximate surface area is 277 Å². The Morgan fingerprint density at radius 2 is 1.02 bits per heavy atom. The molecule has 2 aliphatic carbocycles. The van der Waals surface area contributed by atoms with Crippen molar-refractivity contribution < 1.29 is 0 Å². The van der Waals surface area contributed by atoms with Crippen LogP contribution < -0.4 is 4.90 Å². The fraction of sp³-hybridized carbons (Fsp3) is 0.130. The Hall–Kier alpha value is -5.40. The molecule has 0 bridgehead atoms. The van der Waals surface area contributed by atoms with Gasteiger partial charge in [-0.15, -0.1) is 0 Å².